The number of hydrogen-bond acceptors (Lipinski definition) is 4. The molecule has 0 aliphatic heterocycles. The van der Waals surface area contributed by atoms with Gasteiger partial charge >= 0.3 is 0 Å². The van der Waals surface area contributed by atoms with Crippen molar-refractivity contribution >= 4 is 5.82 Å². The largest absolute Gasteiger partial charge is 0.436 e. The van der Waals surface area contributed by atoms with Gasteiger partial charge in [-0.1, -0.05) is 6.92 Å². The topological polar surface area (TPSA) is 47.0 Å². The van der Waals surface area contributed by atoms with E-state index in [0.29, 0.717) is 18.1 Å². The second-order valence-electron chi connectivity index (χ2n) is 4.18. The monoisotopic (exact) mass is 279 g/mol. The average molecular weight is 279 g/mol. The van der Waals surface area contributed by atoms with Gasteiger partial charge < -0.3 is 10.1 Å². The van der Waals surface area contributed by atoms with E-state index < -0.39 is 11.6 Å². The van der Waals surface area contributed by atoms with Gasteiger partial charge in [-0.2, -0.15) is 4.98 Å². The lowest BCUT2D eigenvalue weighted by Gasteiger charge is -2.09. The lowest BCUT2D eigenvalue weighted by molar-refractivity contribution is 0.420. The number of anilines is 1. The van der Waals surface area contributed by atoms with Gasteiger partial charge in [-0.25, -0.2) is 13.8 Å². The standard InChI is InChI=1S/C14H15F2N3O/c1-3-4-12-18-13(17-2)8-14(19-12)20-11-7-9(15)5-6-10(11)16/h5-8H,3-4H2,1-2H3,(H,17,18,19). The molecule has 6 heteroatoms. The average Bonchev–Trinajstić information content (AvgIpc) is 2.43. The molecule has 1 heterocycles. The number of halogens is 2. The van der Waals surface area contributed by atoms with Gasteiger partial charge in [0, 0.05) is 25.6 Å². The molecule has 1 aromatic carbocycles. The van der Waals surface area contributed by atoms with Crippen molar-refractivity contribution < 1.29 is 13.5 Å². The molecular formula is C14H15F2N3O. The SMILES string of the molecule is CCCc1nc(NC)cc(Oc2cc(F)ccc2F)n1. The lowest BCUT2D eigenvalue weighted by Crippen LogP contribution is -2.02. The smallest absolute Gasteiger partial charge is 0.224 e. The van der Waals surface area contributed by atoms with Crippen LogP contribution in [0.3, 0.4) is 0 Å². The Labute approximate surface area is 115 Å². The molecule has 0 atom stereocenters. The Kier molecular flexibility index (Phi) is 4.45. The highest BCUT2D eigenvalue weighted by Gasteiger charge is 2.10. The van der Waals surface area contributed by atoms with Crippen molar-refractivity contribution in [3.8, 4) is 11.6 Å². The molecular weight excluding hydrogens is 264 g/mol. The summed E-state index contributed by atoms with van der Waals surface area (Å²) in [6.07, 6.45) is 1.55. The Hall–Kier alpha value is -2.24. The molecule has 2 aromatic rings. The molecule has 20 heavy (non-hydrogen) atoms. The second kappa shape index (κ2) is 6.27. The third-order valence-corrected chi connectivity index (χ3v) is 2.59. The highest BCUT2D eigenvalue weighted by Crippen LogP contribution is 2.25. The van der Waals surface area contributed by atoms with Crippen molar-refractivity contribution in [1.29, 1.82) is 0 Å². The molecule has 0 saturated carbocycles. The summed E-state index contributed by atoms with van der Waals surface area (Å²) >= 11 is 0. The van der Waals surface area contributed by atoms with Crippen LogP contribution in [0.1, 0.15) is 19.2 Å². The van der Waals surface area contributed by atoms with Crippen LogP contribution < -0.4 is 10.1 Å². The van der Waals surface area contributed by atoms with Crippen LogP contribution in [0.15, 0.2) is 24.3 Å². The predicted octanol–water partition coefficient (Wildman–Crippen LogP) is 3.54. The summed E-state index contributed by atoms with van der Waals surface area (Å²) in [6, 6.07) is 4.56. The highest BCUT2D eigenvalue weighted by atomic mass is 19.1. The fourth-order valence-corrected chi connectivity index (χ4v) is 1.66. The second-order valence-corrected chi connectivity index (χ2v) is 4.18. The molecule has 0 unspecified atom stereocenters. The molecule has 106 valence electrons. The first-order valence-corrected chi connectivity index (χ1v) is 6.31. The van der Waals surface area contributed by atoms with E-state index in [0.717, 1.165) is 24.6 Å². The number of nitrogens with zero attached hydrogens (tertiary/aromatic N) is 2. The fourth-order valence-electron chi connectivity index (χ4n) is 1.66. The number of benzene rings is 1. The molecule has 0 spiro atoms. The van der Waals surface area contributed by atoms with Crippen molar-refractivity contribution in [3.05, 3.63) is 41.7 Å². The normalized spacial score (nSPS) is 10.4. The van der Waals surface area contributed by atoms with Crippen LogP contribution >= 0.6 is 0 Å². The van der Waals surface area contributed by atoms with Gasteiger partial charge in [0.05, 0.1) is 0 Å². The zero-order valence-corrected chi connectivity index (χ0v) is 11.3. The Morgan fingerprint density at radius 1 is 1.20 bits per heavy atom. The van der Waals surface area contributed by atoms with Gasteiger partial charge in [-0.3, -0.25) is 0 Å². The molecule has 1 aromatic heterocycles. The molecule has 0 aliphatic rings. The number of hydrogen-bond donors (Lipinski definition) is 1. The minimum absolute atomic E-state index is 0.178. The lowest BCUT2D eigenvalue weighted by atomic mass is 10.3. The number of aryl methyl sites for hydroxylation is 1. The molecule has 0 aliphatic carbocycles. The van der Waals surface area contributed by atoms with E-state index in [4.69, 9.17) is 4.74 Å². The van der Waals surface area contributed by atoms with Crippen LogP contribution in [-0.2, 0) is 6.42 Å². The molecule has 0 fully saturated rings. The zero-order chi connectivity index (χ0) is 14.5. The van der Waals surface area contributed by atoms with Crippen molar-refractivity contribution in [2.75, 3.05) is 12.4 Å². The Balaban J connectivity index is 2.32. The molecule has 2 rings (SSSR count). The summed E-state index contributed by atoms with van der Waals surface area (Å²) in [5, 5.41) is 2.88. The van der Waals surface area contributed by atoms with Crippen molar-refractivity contribution in [2.24, 2.45) is 0 Å². The number of nitrogens with one attached hydrogen (secondary N) is 1. The van der Waals surface area contributed by atoms with Crippen LogP contribution in [0.5, 0.6) is 11.6 Å². The Morgan fingerprint density at radius 3 is 2.70 bits per heavy atom. The molecule has 4 nitrogen and oxygen atoms in total. The van der Waals surface area contributed by atoms with Gasteiger partial charge in [0.1, 0.15) is 17.5 Å². The van der Waals surface area contributed by atoms with Gasteiger partial charge in [0.2, 0.25) is 5.88 Å². The maximum atomic E-state index is 13.5. The molecule has 0 bridgehead atoms. The Bertz CT molecular complexity index is 605. The summed E-state index contributed by atoms with van der Waals surface area (Å²) in [5.41, 5.74) is 0. The predicted molar refractivity (Wildman–Crippen MR) is 72.0 cm³/mol. The molecule has 0 radical (unpaired) electrons. The van der Waals surface area contributed by atoms with E-state index in [9.17, 15) is 8.78 Å². The van der Waals surface area contributed by atoms with E-state index in [1.54, 1.807) is 7.05 Å². The Morgan fingerprint density at radius 2 is 2.00 bits per heavy atom. The van der Waals surface area contributed by atoms with E-state index in [1.807, 2.05) is 6.92 Å². The minimum atomic E-state index is -0.645. The van der Waals surface area contributed by atoms with Gasteiger partial charge in [-0.05, 0) is 18.6 Å². The van der Waals surface area contributed by atoms with Gasteiger partial charge in [0.25, 0.3) is 0 Å². The third-order valence-electron chi connectivity index (χ3n) is 2.59. The first kappa shape index (κ1) is 14.2. The van der Waals surface area contributed by atoms with Crippen LogP contribution in [-0.4, -0.2) is 17.0 Å². The summed E-state index contributed by atoms with van der Waals surface area (Å²) < 4.78 is 32.0. The third kappa shape index (κ3) is 3.40. The van der Waals surface area contributed by atoms with Crippen molar-refractivity contribution in [1.82, 2.24) is 9.97 Å². The number of rotatable bonds is 5. The molecule has 0 saturated heterocycles. The summed E-state index contributed by atoms with van der Waals surface area (Å²) in [4.78, 5) is 8.43. The number of aromatic nitrogens is 2. The molecule has 1 N–H and O–H groups in total. The highest BCUT2D eigenvalue weighted by molar-refractivity contribution is 5.39. The summed E-state index contributed by atoms with van der Waals surface area (Å²) in [5.74, 6) is -0.0851. The quantitative estimate of drug-likeness (QED) is 0.909. The maximum absolute atomic E-state index is 13.5. The van der Waals surface area contributed by atoms with Crippen LogP contribution in [0.2, 0.25) is 0 Å². The number of ether oxygens (including phenoxy) is 1. The van der Waals surface area contributed by atoms with Crippen LogP contribution in [0, 0.1) is 11.6 Å². The fraction of sp³-hybridized carbons (Fsp3) is 0.286. The van der Waals surface area contributed by atoms with Gasteiger partial charge in [0.15, 0.2) is 11.6 Å². The first-order valence-electron chi connectivity index (χ1n) is 6.31. The zero-order valence-electron chi connectivity index (χ0n) is 11.3. The van der Waals surface area contributed by atoms with Crippen molar-refractivity contribution in [3.63, 3.8) is 0 Å². The first-order chi connectivity index (χ1) is 9.62. The van der Waals surface area contributed by atoms with Crippen LogP contribution in [0.4, 0.5) is 14.6 Å². The van der Waals surface area contributed by atoms with E-state index in [2.05, 4.69) is 15.3 Å². The summed E-state index contributed by atoms with van der Waals surface area (Å²) in [7, 11) is 1.71. The maximum Gasteiger partial charge on any atom is 0.224 e. The van der Waals surface area contributed by atoms with Crippen molar-refractivity contribution in [2.45, 2.75) is 19.8 Å². The minimum Gasteiger partial charge on any atom is -0.436 e. The van der Waals surface area contributed by atoms with E-state index >= 15 is 0 Å². The summed E-state index contributed by atoms with van der Waals surface area (Å²) in [6.45, 7) is 2.00. The van der Waals surface area contributed by atoms with Crippen LogP contribution in [0.25, 0.3) is 0 Å². The van der Waals surface area contributed by atoms with E-state index in [-0.39, 0.29) is 11.6 Å². The van der Waals surface area contributed by atoms with E-state index in [1.165, 1.54) is 6.07 Å². The van der Waals surface area contributed by atoms with Gasteiger partial charge in [-0.15, -0.1) is 0 Å². The molecule has 0 amide bonds.